The zero-order valence-corrected chi connectivity index (χ0v) is 14.6. The van der Waals surface area contributed by atoms with Crippen LogP contribution in [0.1, 0.15) is 22.8 Å². The summed E-state index contributed by atoms with van der Waals surface area (Å²) in [4.78, 5) is 12.6. The van der Waals surface area contributed by atoms with E-state index in [2.05, 4.69) is 0 Å². The van der Waals surface area contributed by atoms with Crippen LogP contribution in [0.3, 0.4) is 0 Å². The normalized spacial score (nSPS) is 17.1. The maximum absolute atomic E-state index is 12.6. The van der Waals surface area contributed by atoms with Crippen molar-refractivity contribution < 1.29 is 13.7 Å². The van der Waals surface area contributed by atoms with Crippen molar-refractivity contribution in [2.24, 2.45) is 5.73 Å². The largest absolute Gasteiger partial charge is 0.460 e. The van der Waals surface area contributed by atoms with Gasteiger partial charge in [0.2, 0.25) is 17.4 Å². The lowest BCUT2D eigenvalue weighted by Crippen LogP contribution is -2.11. The van der Waals surface area contributed by atoms with E-state index in [-0.39, 0.29) is 17.4 Å². The van der Waals surface area contributed by atoms with Gasteiger partial charge in [-0.25, -0.2) is 0 Å². The highest BCUT2D eigenvalue weighted by Crippen LogP contribution is 2.37. The Morgan fingerprint density at radius 1 is 1.25 bits per heavy atom. The Balaban J connectivity index is 1.68. The van der Waals surface area contributed by atoms with Gasteiger partial charge in [0.25, 0.3) is 0 Å². The molecule has 1 heterocycles. The second-order valence-corrected chi connectivity index (χ2v) is 6.51. The molecule has 0 aromatic heterocycles. The predicted octanol–water partition coefficient (Wildman–Crippen LogP) is 4.28. The van der Waals surface area contributed by atoms with Crippen LogP contribution < -0.4 is 5.73 Å². The van der Waals surface area contributed by atoms with Crippen LogP contribution in [0.15, 0.2) is 60.2 Å². The van der Waals surface area contributed by atoms with Gasteiger partial charge in [-0.15, -0.1) is 0 Å². The Morgan fingerprint density at radius 2 is 2.00 bits per heavy atom. The minimum absolute atomic E-state index is 0.0110. The number of ether oxygens (including phenoxy) is 1. The summed E-state index contributed by atoms with van der Waals surface area (Å²) in [6.45, 7) is 1.92. The lowest BCUT2D eigenvalue weighted by molar-refractivity contribution is -0.122. The van der Waals surface area contributed by atoms with Gasteiger partial charge in [0.1, 0.15) is 0 Å². The molecule has 4 nitrogen and oxygen atoms in total. The summed E-state index contributed by atoms with van der Waals surface area (Å²) in [7, 11) is 0. The average Bonchev–Trinajstić information content (AvgIpc) is 2.86. The zero-order chi connectivity index (χ0) is 17.1. The lowest BCUT2D eigenvalue weighted by atomic mass is 10.0. The second-order valence-electron chi connectivity index (χ2n) is 5.41. The Morgan fingerprint density at radius 3 is 2.75 bits per heavy atom. The zero-order valence-electron chi connectivity index (χ0n) is 13.0. The number of carbonyl (C=O) groups is 1. The number of Topliss-reactive ketones (excluding diaryl/α,β-unsaturated/α-hetero) is 1. The minimum atomic E-state index is -0.857. The minimum Gasteiger partial charge on any atom is -0.460 e. The van der Waals surface area contributed by atoms with E-state index in [9.17, 15) is 4.79 Å². The summed E-state index contributed by atoms with van der Waals surface area (Å²) in [6, 6.07) is 15.2. The summed E-state index contributed by atoms with van der Waals surface area (Å²) in [5.74, 6) is 0.308. The Kier molecular flexibility index (Phi) is 5.02. The van der Waals surface area contributed by atoms with E-state index in [0.717, 1.165) is 23.2 Å². The molecule has 24 heavy (non-hydrogen) atoms. The van der Waals surface area contributed by atoms with E-state index in [1.807, 2.05) is 49.4 Å². The van der Waals surface area contributed by atoms with Crippen LogP contribution in [0.2, 0.25) is 5.02 Å². The summed E-state index contributed by atoms with van der Waals surface area (Å²) >= 11 is 7.33. The standard InChI is InChI=1S/C18H16ClNO3S/c1-11-7-8-14(19)13(9-11)16-15(21)17(18(20)22-16)23-24-10-12-5-3-2-4-6-12/h2-9,16H,10,20H2,1H3. The maximum atomic E-state index is 12.6. The molecule has 2 aromatic carbocycles. The quantitative estimate of drug-likeness (QED) is 0.805. The third-order valence-electron chi connectivity index (χ3n) is 3.58. The van der Waals surface area contributed by atoms with Crippen molar-refractivity contribution in [3.63, 3.8) is 0 Å². The molecule has 2 N–H and O–H groups in total. The molecular formula is C18H16ClNO3S. The smallest absolute Gasteiger partial charge is 0.249 e. The third kappa shape index (κ3) is 3.52. The number of hydrogen-bond acceptors (Lipinski definition) is 5. The fourth-order valence-electron chi connectivity index (χ4n) is 2.36. The van der Waals surface area contributed by atoms with Crippen LogP contribution in [0.5, 0.6) is 0 Å². The fourth-order valence-corrected chi connectivity index (χ4v) is 3.24. The number of benzene rings is 2. The van der Waals surface area contributed by atoms with E-state index in [0.29, 0.717) is 16.3 Å². The van der Waals surface area contributed by atoms with Crippen molar-refractivity contribution in [1.82, 2.24) is 0 Å². The van der Waals surface area contributed by atoms with Gasteiger partial charge in [-0.3, -0.25) is 4.79 Å². The van der Waals surface area contributed by atoms with Crippen LogP contribution in [-0.4, -0.2) is 5.78 Å². The van der Waals surface area contributed by atoms with Crippen molar-refractivity contribution in [2.75, 3.05) is 0 Å². The first-order valence-electron chi connectivity index (χ1n) is 7.36. The van der Waals surface area contributed by atoms with Crippen molar-refractivity contribution in [3.8, 4) is 0 Å². The fraction of sp³-hybridized carbons (Fsp3) is 0.167. The summed E-state index contributed by atoms with van der Waals surface area (Å²) in [5.41, 5.74) is 8.49. The SMILES string of the molecule is Cc1ccc(Cl)c(C2OC(N)=C(OSCc3ccccc3)C2=O)c1. The Hall–Kier alpha value is -2.11. The number of ketones is 1. The first-order chi connectivity index (χ1) is 11.6. The molecule has 0 fully saturated rings. The third-order valence-corrected chi connectivity index (χ3v) is 4.66. The van der Waals surface area contributed by atoms with E-state index < -0.39 is 6.10 Å². The summed E-state index contributed by atoms with van der Waals surface area (Å²) in [5, 5.41) is 0.463. The molecule has 124 valence electrons. The molecule has 1 unspecified atom stereocenters. The van der Waals surface area contributed by atoms with E-state index in [1.165, 1.54) is 0 Å². The average molecular weight is 362 g/mol. The number of nitrogens with two attached hydrogens (primary N) is 1. The number of aryl methyl sites for hydroxylation is 1. The highest BCUT2D eigenvalue weighted by molar-refractivity contribution is 7.94. The van der Waals surface area contributed by atoms with E-state index in [4.69, 9.17) is 26.3 Å². The van der Waals surface area contributed by atoms with Crippen LogP contribution in [0.25, 0.3) is 0 Å². The van der Waals surface area contributed by atoms with Crippen molar-refractivity contribution in [2.45, 2.75) is 18.8 Å². The van der Waals surface area contributed by atoms with E-state index in [1.54, 1.807) is 6.07 Å². The van der Waals surface area contributed by atoms with Gasteiger partial charge < -0.3 is 14.7 Å². The molecule has 2 aromatic rings. The highest BCUT2D eigenvalue weighted by atomic mass is 35.5. The Labute approximate surface area is 149 Å². The molecular weight excluding hydrogens is 346 g/mol. The van der Waals surface area contributed by atoms with Gasteiger partial charge in [-0.05, 0) is 18.6 Å². The number of carbonyl (C=O) groups excluding carboxylic acids is 1. The second kappa shape index (κ2) is 7.20. The molecule has 0 radical (unpaired) electrons. The molecule has 0 saturated carbocycles. The topological polar surface area (TPSA) is 61.6 Å². The monoisotopic (exact) mass is 361 g/mol. The Bertz CT molecular complexity index is 792. The number of hydrogen-bond donors (Lipinski definition) is 1. The van der Waals surface area contributed by atoms with Crippen molar-refractivity contribution in [3.05, 3.63) is 81.9 Å². The predicted molar refractivity (Wildman–Crippen MR) is 95.1 cm³/mol. The molecule has 0 bridgehead atoms. The number of halogens is 1. The summed E-state index contributed by atoms with van der Waals surface area (Å²) < 4.78 is 11.0. The van der Waals surface area contributed by atoms with Gasteiger partial charge in [-0.1, -0.05) is 59.6 Å². The first-order valence-corrected chi connectivity index (χ1v) is 8.65. The molecule has 1 aliphatic rings. The molecule has 1 atom stereocenters. The molecule has 3 rings (SSSR count). The lowest BCUT2D eigenvalue weighted by Gasteiger charge is -2.12. The van der Waals surface area contributed by atoms with Gasteiger partial charge >= 0.3 is 0 Å². The molecule has 0 spiro atoms. The molecule has 0 aliphatic carbocycles. The first kappa shape index (κ1) is 16.7. The van der Waals surface area contributed by atoms with Gasteiger partial charge in [0, 0.05) is 10.6 Å². The van der Waals surface area contributed by atoms with Crippen LogP contribution in [-0.2, 0) is 19.5 Å². The van der Waals surface area contributed by atoms with Gasteiger partial charge in [0.15, 0.2) is 6.10 Å². The number of rotatable bonds is 5. The van der Waals surface area contributed by atoms with Crippen molar-refractivity contribution in [1.29, 1.82) is 0 Å². The molecule has 1 aliphatic heterocycles. The maximum Gasteiger partial charge on any atom is 0.249 e. The van der Waals surface area contributed by atoms with Crippen molar-refractivity contribution >= 4 is 29.4 Å². The van der Waals surface area contributed by atoms with Gasteiger partial charge in [0.05, 0.1) is 17.8 Å². The van der Waals surface area contributed by atoms with E-state index >= 15 is 0 Å². The highest BCUT2D eigenvalue weighted by Gasteiger charge is 2.38. The van der Waals surface area contributed by atoms with Crippen LogP contribution >= 0.6 is 23.6 Å². The summed E-state index contributed by atoms with van der Waals surface area (Å²) in [6.07, 6.45) is -0.857. The molecule has 0 amide bonds. The molecule has 6 heteroatoms. The molecule has 0 saturated heterocycles. The van der Waals surface area contributed by atoms with Crippen LogP contribution in [0, 0.1) is 6.92 Å². The van der Waals surface area contributed by atoms with Gasteiger partial charge in [-0.2, -0.15) is 0 Å². The van der Waals surface area contributed by atoms with Crippen LogP contribution in [0.4, 0.5) is 0 Å².